The minimum Gasteiger partial charge on any atom is -0.381 e. The number of ether oxygens (including phenoxy) is 1. The Morgan fingerprint density at radius 2 is 2.25 bits per heavy atom. The summed E-state index contributed by atoms with van der Waals surface area (Å²) in [4.78, 5) is 0. The zero-order chi connectivity index (χ0) is 11.4. The first-order valence-corrected chi connectivity index (χ1v) is 6.57. The smallest absolute Gasteiger partial charge is 0.0626 e. The summed E-state index contributed by atoms with van der Waals surface area (Å²) in [6.07, 6.45) is 2.59. The highest BCUT2D eigenvalue weighted by Crippen LogP contribution is 2.24. The van der Waals surface area contributed by atoms with E-state index in [9.17, 15) is 0 Å². The van der Waals surface area contributed by atoms with Gasteiger partial charge in [-0.2, -0.15) is 0 Å². The van der Waals surface area contributed by atoms with E-state index in [1.54, 1.807) is 0 Å². The van der Waals surface area contributed by atoms with E-state index in [0.29, 0.717) is 12.0 Å². The second-order valence-electron chi connectivity index (χ2n) is 4.32. The van der Waals surface area contributed by atoms with Crippen molar-refractivity contribution in [3.8, 4) is 0 Å². The van der Waals surface area contributed by atoms with E-state index < -0.39 is 0 Å². The van der Waals surface area contributed by atoms with Crippen molar-refractivity contribution in [3.63, 3.8) is 0 Å². The molecule has 0 aromatic heterocycles. The number of rotatable bonds is 3. The fraction of sp³-hybridized carbons (Fsp3) is 0.538. The van der Waals surface area contributed by atoms with Gasteiger partial charge in [-0.3, -0.25) is 0 Å². The molecule has 88 valence electrons. The van der Waals surface area contributed by atoms with Gasteiger partial charge in [-0.25, -0.2) is 0 Å². The van der Waals surface area contributed by atoms with Gasteiger partial charge in [-0.15, -0.1) is 0 Å². The van der Waals surface area contributed by atoms with Gasteiger partial charge in [0.2, 0.25) is 0 Å². The van der Waals surface area contributed by atoms with Gasteiger partial charge in [0.05, 0.1) is 6.10 Å². The van der Waals surface area contributed by atoms with Crippen molar-refractivity contribution in [2.75, 3.05) is 20.2 Å². The topological polar surface area (TPSA) is 21.3 Å². The largest absolute Gasteiger partial charge is 0.381 e. The lowest BCUT2D eigenvalue weighted by atomic mass is 9.89. The van der Waals surface area contributed by atoms with Crippen LogP contribution in [0.4, 0.5) is 0 Å². The number of nitrogens with one attached hydrogen (secondary N) is 1. The third-order valence-electron chi connectivity index (χ3n) is 3.28. The van der Waals surface area contributed by atoms with Gasteiger partial charge in [-0.05, 0) is 31.0 Å². The third kappa shape index (κ3) is 2.84. The maximum atomic E-state index is 5.56. The summed E-state index contributed by atoms with van der Waals surface area (Å²) in [7, 11) is 1.82. The molecular weight excluding hydrogens is 266 g/mol. The van der Waals surface area contributed by atoms with Crippen molar-refractivity contribution in [3.05, 3.63) is 34.3 Å². The normalized spacial score (nSPS) is 25.6. The molecule has 2 unspecified atom stereocenters. The Hall–Kier alpha value is -0.380. The van der Waals surface area contributed by atoms with Crippen LogP contribution in [-0.2, 0) is 11.2 Å². The molecule has 0 radical (unpaired) electrons. The summed E-state index contributed by atoms with van der Waals surface area (Å²) in [6.45, 7) is 2.13. The van der Waals surface area contributed by atoms with Crippen LogP contribution in [0, 0.1) is 5.92 Å². The zero-order valence-corrected chi connectivity index (χ0v) is 11.2. The molecule has 0 spiro atoms. The average Bonchev–Trinajstić information content (AvgIpc) is 2.33. The van der Waals surface area contributed by atoms with Gasteiger partial charge >= 0.3 is 0 Å². The van der Waals surface area contributed by atoms with E-state index in [1.807, 2.05) is 7.11 Å². The standard InChI is InChI=1S/C13H18BrNO/c1-16-13-6-7-15-9-11(13)8-10-4-2-3-5-12(10)14/h2-5,11,13,15H,6-9H2,1H3. The second-order valence-corrected chi connectivity index (χ2v) is 5.18. The molecule has 16 heavy (non-hydrogen) atoms. The summed E-state index contributed by atoms with van der Waals surface area (Å²) in [5.74, 6) is 0.581. The van der Waals surface area contributed by atoms with Crippen LogP contribution in [-0.4, -0.2) is 26.3 Å². The fourth-order valence-electron chi connectivity index (χ4n) is 2.36. The Kier molecular flexibility index (Phi) is 4.38. The van der Waals surface area contributed by atoms with Crippen molar-refractivity contribution < 1.29 is 4.74 Å². The number of halogens is 1. The van der Waals surface area contributed by atoms with Crippen LogP contribution >= 0.6 is 15.9 Å². The van der Waals surface area contributed by atoms with Crippen LogP contribution in [0.2, 0.25) is 0 Å². The van der Waals surface area contributed by atoms with Gasteiger partial charge < -0.3 is 10.1 Å². The summed E-state index contributed by atoms with van der Waals surface area (Å²) < 4.78 is 6.76. The molecule has 0 amide bonds. The minimum atomic E-state index is 0.397. The molecule has 2 nitrogen and oxygen atoms in total. The molecule has 1 N–H and O–H groups in total. The number of benzene rings is 1. The van der Waals surface area contributed by atoms with Gasteiger partial charge in [0.15, 0.2) is 0 Å². The molecule has 2 rings (SSSR count). The van der Waals surface area contributed by atoms with Gasteiger partial charge in [-0.1, -0.05) is 34.1 Å². The number of piperidine rings is 1. The molecule has 3 heteroatoms. The SMILES string of the molecule is COC1CCNCC1Cc1ccccc1Br. The Labute approximate surface area is 106 Å². The number of hydrogen-bond acceptors (Lipinski definition) is 2. The maximum absolute atomic E-state index is 5.56. The van der Waals surface area contributed by atoms with E-state index in [2.05, 4.69) is 45.5 Å². The first kappa shape index (κ1) is 12.1. The molecule has 0 saturated carbocycles. The summed E-state index contributed by atoms with van der Waals surface area (Å²) in [5.41, 5.74) is 1.37. The van der Waals surface area contributed by atoms with Crippen LogP contribution in [0.3, 0.4) is 0 Å². The van der Waals surface area contributed by atoms with Crippen molar-refractivity contribution in [1.82, 2.24) is 5.32 Å². The van der Waals surface area contributed by atoms with E-state index in [1.165, 1.54) is 10.0 Å². The van der Waals surface area contributed by atoms with E-state index >= 15 is 0 Å². The molecule has 0 aliphatic carbocycles. The molecule has 1 saturated heterocycles. The first-order chi connectivity index (χ1) is 7.81. The molecule has 1 aliphatic heterocycles. The van der Waals surface area contributed by atoms with E-state index in [-0.39, 0.29) is 0 Å². The van der Waals surface area contributed by atoms with Crippen LogP contribution in [0.15, 0.2) is 28.7 Å². The lowest BCUT2D eigenvalue weighted by Crippen LogP contribution is -2.41. The van der Waals surface area contributed by atoms with Gasteiger partial charge in [0.25, 0.3) is 0 Å². The predicted octanol–water partition coefficient (Wildman–Crippen LogP) is 2.62. The van der Waals surface area contributed by atoms with Crippen LogP contribution in [0.5, 0.6) is 0 Å². The minimum absolute atomic E-state index is 0.397. The Balaban J connectivity index is 2.05. The first-order valence-electron chi connectivity index (χ1n) is 5.78. The average molecular weight is 284 g/mol. The summed E-state index contributed by atoms with van der Waals surface area (Å²) >= 11 is 3.60. The van der Waals surface area contributed by atoms with Gasteiger partial charge in [0.1, 0.15) is 0 Å². The van der Waals surface area contributed by atoms with Gasteiger partial charge in [0, 0.05) is 24.0 Å². The van der Waals surface area contributed by atoms with E-state index in [4.69, 9.17) is 4.74 Å². The zero-order valence-electron chi connectivity index (χ0n) is 9.58. The fourth-order valence-corrected chi connectivity index (χ4v) is 2.81. The predicted molar refractivity (Wildman–Crippen MR) is 69.6 cm³/mol. The summed E-state index contributed by atoms with van der Waals surface area (Å²) in [5, 5.41) is 3.44. The quantitative estimate of drug-likeness (QED) is 0.921. The van der Waals surface area contributed by atoms with Crippen molar-refractivity contribution in [2.24, 2.45) is 5.92 Å². The van der Waals surface area contributed by atoms with Crippen LogP contribution < -0.4 is 5.32 Å². The molecule has 1 aliphatic rings. The second kappa shape index (κ2) is 5.80. The highest BCUT2D eigenvalue weighted by molar-refractivity contribution is 9.10. The molecule has 0 bridgehead atoms. The van der Waals surface area contributed by atoms with E-state index in [0.717, 1.165) is 25.9 Å². The van der Waals surface area contributed by atoms with Crippen molar-refractivity contribution in [2.45, 2.75) is 18.9 Å². The Morgan fingerprint density at radius 1 is 1.44 bits per heavy atom. The highest BCUT2D eigenvalue weighted by Gasteiger charge is 2.25. The Morgan fingerprint density at radius 3 is 3.00 bits per heavy atom. The van der Waals surface area contributed by atoms with Crippen molar-refractivity contribution in [1.29, 1.82) is 0 Å². The van der Waals surface area contributed by atoms with Crippen molar-refractivity contribution >= 4 is 15.9 Å². The number of methoxy groups -OCH3 is 1. The molecule has 1 aromatic rings. The molecule has 1 aromatic carbocycles. The monoisotopic (exact) mass is 283 g/mol. The van der Waals surface area contributed by atoms with Crippen LogP contribution in [0.25, 0.3) is 0 Å². The number of hydrogen-bond donors (Lipinski definition) is 1. The molecule has 1 fully saturated rings. The lowest BCUT2D eigenvalue weighted by Gasteiger charge is -2.31. The Bertz CT molecular complexity index is 342. The maximum Gasteiger partial charge on any atom is 0.0626 e. The highest BCUT2D eigenvalue weighted by atomic mass is 79.9. The molecular formula is C13H18BrNO. The van der Waals surface area contributed by atoms with Crippen LogP contribution in [0.1, 0.15) is 12.0 Å². The molecule has 2 atom stereocenters. The molecule has 1 heterocycles. The lowest BCUT2D eigenvalue weighted by molar-refractivity contribution is 0.0311. The third-order valence-corrected chi connectivity index (χ3v) is 4.05. The summed E-state index contributed by atoms with van der Waals surface area (Å²) in [6, 6.07) is 8.44.